The highest BCUT2D eigenvalue weighted by Gasteiger charge is 2.17. The van der Waals surface area contributed by atoms with Gasteiger partial charge in [0, 0.05) is 23.5 Å². The van der Waals surface area contributed by atoms with Crippen molar-refractivity contribution in [1.29, 1.82) is 0 Å². The number of nitrogens with one attached hydrogen (secondary N) is 2. The lowest BCUT2D eigenvalue weighted by Crippen LogP contribution is -2.22. The summed E-state index contributed by atoms with van der Waals surface area (Å²) in [6.07, 6.45) is 1.39. The lowest BCUT2D eigenvalue weighted by atomic mass is 10.1. The van der Waals surface area contributed by atoms with Crippen LogP contribution in [0.5, 0.6) is 0 Å². The summed E-state index contributed by atoms with van der Waals surface area (Å²) in [5, 5.41) is 6.43. The minimum absolute atomic E-state index is 0.116. The van der Waals surface area contributed by atoms with Crippen LogP contribution in [0.1, 0.15) is 20.9 Å². The number of aromatic nitrogens is 1. The number of aryl methyl sites for hydroxylation is 1. The molecule has 7 nitrogen and oxygen atoms in total. The van der Waals surface area contributed by atoms with Crippen molar-refractivity contribution in [1.82, 2.24) is 4.57 Å². The second-order valence-electron chi connectivity index (χ2n) is 6.55. The van der Waals surface area contributed by atoms with Crippen LogP contribution in [0.2, 0.25) is 5.02 Å². The summed E-state index contributed by atoms with van der Waals surface area (Å²) in [5.41, 5.74) is 1.19. The molecular weight excluding hydrogens is 406 g/mol. The third kappa shape index (κ3) is 3.70. The zero-order valence-electron chi connectivity index (χ0n) is 15.8. The minimum Gasteiger partial charge on any atom is -0.459 e. The summed E-state index contributed by atoms with van der Waals surface area (Å²) in [7, 11) is 1.65. The topological polar surface area (TPSA) is 93.3 Å². The number of para-hydroxylation sites is 1. The number of nitrogens with zero attached hydrogens (tertiary/aromatic N) is 1. The molecule has 30 heavy (non-hydrogen) atoms. The van der Waals surface area contributed by atoms with E-state index < -0.39 is 11.8 Å². The molecule has 0 atom stereocenters. The van der Waals surface area contributed by atoms with E-state index in [0.717, 1.165) is 0 Å². The molecule has 0 spiro atoms. The number of hydrogen-bond acceptors (Lipinski definition) is 4. The van der Waals surface area contributed by atoms with Crippen molar-refractivity contribution in [2.24, 2.45) is 7.05 Å². The number of furan rings is 1. The fraction of sp³-hybridized carbons (Fsp3) is 0.0455. The zero-order chi connectivity index (χ0) is 21.3. The van der Waals surface area contributed by atoms with Crippen molar-refractivity contribution in [3.05, 3.63) is 93.6 Å². The molecule has 150 valence electrons. The summed E-state index contributed by atoms with van der Waals surface area (Å²) in [6, 6.07) is 16.2. The Kier molecular flexibility index (Phi) is 5.12. The number of anilines is 2. The van der Waals surface area contributed by atoms with E-state index in [9.17, 15) is 14.4 Å². The molecule has 2 aromatic heterocycles. The summed E-state index contributed by atoms with van der Waals surface area (Å²) >= 11 is 6.06. The van der Waals surface area contributed by atoms with Crippen molar-refractivity contribution in [3.63, 3.8) is 0 Å². The van der Waals surface area contributed by atoms with Crippen molar-refractivity contribution >= 4 is 45.7 Å². The van der Waals surface area contributed by atoms with E-state index in [1.54, 1.807) is 49.5 Å². The van der Waals surface area contributed by atoms with Crippen LogP contribution in [0, 0.1) is 0 Å². The molecule has 2 amide bonds. The van der Waals surface area contributed by atoms with E-state index in [4.69, 9.17) is 16.0 Å². The third-order valence-corrected chi connectivity index (χ3v) is 4.86. The van der Waals surface area contributed by atoms with Crippen molar-refractivity contribution in [2.45, 2.75) is 0 Å². The number of carbonyl (C=O) groups is 2. The average Bonchev–Trinajstić information content (AvgIpc) is 3.28. The quantitative estimate of drug-likeness (QED) is 0.514. The molecule has 2 aromatic carbocycles. The number of benzene rings is 2. The van der Waals surface area contributed by atoms with Gasteiger partial charge in [-0.05, 0) is 36.4 Å². The molecule has 0 aliphatic heterocycles. The van der Waals surface area contributed by atoms with Gasteiger partial charge in [-0.2, -0.15) is 0 Å². The van der Waals surface area contributed by atoms with Crippen LogP contribution in [-0.4, -0.2) is 16.4 Å². The van der Waals surface area contributed by atoms with Gasteiger partial charge in [-0.1, -0.05) is 29.8 Å². The molecule has 0 aliphatic rings. The monoisotopic (exact) mass is 421 g/mol. The first-order valence-electron chi connectivity index (χ1n) is 8.98. The second kappa shape index (κ2) is 7.88. The molecule has 4 aromatic rings. The van der Waals surface area contributed by atoms with Crippen LogP contribution in [0.3, 0.4) is 0 Å². The van der Waals surface area contributed by atoms with Gasteiger partial charge in [0.05, 0.1) is 28.7 Å². The Labute approximate surface area is 175 Å². The lowest BCUT2D eigenvalue weighted by Gasteiger charge is -2.14. The summed E-state index contributed by atoms with van der Waals surface area (Å²) in [4.78, 5) is 37.7. The number of rotatable bonds is 4. The van der Waals surface area contributed by atoms with Gasteiger partial charge in [-0.25, -0.2) is 0 Å². The fourth-order valence-electron chi connectivity index (χ4n) is 3.11. The second-order valence-corrected chi connectivity index (χ2v) is 6.98. The molecule has 2 N–H and O–H groups in total. The highest BCUT2D eigenvalue weighted by atomic mass is 35.5. The number of hydrogen-bond donors (Lipinski definition) is 2. The number of fused-ring (bicyclic) bond motifs is 1. The fourth-order valence-corrected chi connectivity index (χ4v) is 3.28. The Morgan fingerprint density at radius 2 is 1.70 bits per heavy atom. The first-order valence-corrected chi connectivity index (χ1v) is 9.36. The molecule has 0 aliphatic carbocycles. The van der Waals surface area contributed by atoms with Crippen LogP contribution in [0.4, 0.5) is 11.4 Å². The van der Waals surface area contributed by atoms with Gasteiger partial charge < -0.3 is 19.6 Å². The molecule has 0 saturated heterocycles. The van der Waals surface area contributed by atoms with Crippen LogP contribution < -0.4 is 16.2 Å². The van der Waals surface area contributed by atoms with Gasteiger partial charge >= 0.3 is 0 Å². The molecule has 4 rings (SSSR count). The van der Waals surface area contributed by atoms with E-state index in [1.165, 1.54) is 29.0 Å². The normalized spacial score (nSPS) is 10.7. The molecule has 2 heterocycles. The number of pyridine rings is 1. The molecule has 0 saturated carbocycles. The van der Waals surface area contributed by atoms with Gasteiger partial charge in [0.1, 0.15) is 0 Å². The smallest absolute Gasteiger partial charge is 0.291 e. The zero-order valence-corrected chi connectivity index (χ0v) is 16.6. The number of carbonyl (C=O) groups excluding carboxylic acids is 2. The molecule has 0 unspecified atom stereocenters. The van der Waals surface area contributed by atoms with Gasteiger partial charge in [0.15, 0.2) is 5.76 Å². The average molecular weight is 422 g/mol. The minimum atomic E-state index is -0.489. The first kappa shape index (κ1) is 19.5. The predicted octanol–water partition coefficient (Wildman–Crippen LogP) is 4.29. The van der Waals surface area contributed by atoms with E-state index in [2.05, 4.69) is 10.6 Å². The molecule has 0 radical (unpaired) electrons. The Morgan fingerprint density at radius 1 is 0.933 bits per heavy atom. The molecule has 0 bridgehead atoms. The predicted molar refractivity (Wildman–Crippen MR) is 115 cm³/mol. The molecular formula is C22H16ClN3O4. The van der Waals surface area contributed by atoms with E-state index >= 15 is 0 Å². The Morgan fingerprint density at radius 3 is 2.47 bits per heavy atom. The van der Waals surface area contributed by atoms with Crippen LogP contribution >= 0.6 is 11.6 Å². The largest absolute Gasteiger partial charge is 0.459 e. The Bertz CT molecular complexity index is 1330. The van der Waals surface area contributed by atoms with Gasteiger partial charge in [-0.15, -0.1) is 0 Å². The first-order chi connectivity index (χ1) is 14.4. The highest BCUT2D eigenvalue weighted by molar-refractivity contribution is 6.31. The molecule has 0 fully saturated rings. The standard InChI is InChI=1S/C22H16ClN3O4/c1-26-18-6-3-2-5-14(18)15(12-20(26)27)21(28)24-16-9-8-13(23)11-17(16)25-22(29)19-7-4-10-30-19/h2-12H,1H3,(H,24,28)(H,25,29). The van der Waals surface area contributed by atoms with Crippen LogP contribution in [0.15, 0.2) is 76.1 Å². The maximum atomic E-state index is 13.0. The van der Waals surface area contributed by atoms with E-state index in [0.29, 0.717) is 27.3 Å². The van der Waals surface area contributed by atoms with Crippen LogP contribution in [0.25, 0.3) is 10.9 Å². The van der Waals surface area contributed by atoms with Crippen molar-refractivity contribution < 1.29 is 14.0 Å². The maximum Gasteiger partial charge on any atom is 0.291 e. The van der Waals surface area contributed by atoms with Crippen molar-refractivity contribution in [2.75, 3.05) is 10.6 Å². The van der Waals surface area contributed by atoms with Gasteiger partial charge in [0.2, 0.25) is 0 Å². The Hall–Kier alpha value is -3.84. The highest BCUT2D eigenvalue weighted by Crippen LogP contribution is 2.27. The number of halogens is 1. The maximum absolute atomic E-state index is 13.0. The third-order valence-electron chi connectivity index (χ3n) is 4.62. The SMILES string of the molecule is Cn1c(=O)cc(C(=O)Nc2ccc(Cl)cc2NC(=O)c2ccco2)c2ccccc21. The summed E-state index contributed by atoms with van der Waals surface area (Å²) in [6.45, 7) is 0. The summed E-state index contributed by atoms with van der Waals surface area (Å²) in [5.74, 6) is -0.860. The Balaban J connectivity index is 1.69. The molecule has 8 heteroatoms. The summed E-state index contributed by atoms with van der Waals surface area (Å²) < 4.78 is 6.57. The lowest BCUT2D eigenvalue weighted by molar-refractivity contribution is 0.0993. The van der Waals surface area contributed by atoms with Gasteiger partial charge in [-0.3, -0.25) is 14.4 Å². The number of amides is 2. The van der Waals surface area contributed by atoms with Crippen LogP contribution in [-0.2, 0) is 7.05 Å². The van der Waals surface area contributed by atoms with Crippen molar-refractivity contribution in [3.8, 4) is 0 Å². The van der Waals surface area contributed by atoms with Gasteiger partial charge in [0.25, 0.3) is 17.4 Å². The van der Waals surface area contributed by atoms with E-state index in [1.807, 2.05) is 0 Å². The van der Waals surface area contributed by atoms with E-state index in [-0.39, 0.29) is 16.9 Å².